The molecule has 1 N–H and O–H groups in total. The van der Waals surface area contributed by atoms with Crippen LogP contribution in [0.2, 0.25) is 0 Å². The molecule has 0 saturated heterocycles. The van der Waals surface area contributed by atoms with Crippen LogP contribution in [0.4, 0.5) is 22.0 Å². The van der Waals surface area contributed by atoms with E-state index < -0.39 is 55.1 Å². The second-order valence-corrected chi connectivity index (χ2v) is 6.48. The molecule has 0 amide bonds. The highest BCUT2D eigenvalue weighted by Crippen LogP contribution is 2.46. The van der Waals surface area contributed by atoms with Crippen molar-refractivity contribution in [3.63, 3.8) is 0 Å². The minimum absolute atomic E-state index is 0.137. The summed E-state index contributed by atoms with van der Waals surface area (Å²) in [5.74, 6) is -14.7. The fourth-order valence-corrected chi connectivity index (χ4v) is 3.01. The number of rotatable bonds is 7. The average molecular weight is 411 g/mol. The molecular weight excluding hydrogens is 400 g/mol. The Morgan fingerprint density at radius 2 is 1.44 bits per heavy atom. The van der Waals surface area contributed by atoms with Gasteiger partial charge < -0.3 is 13.8 Å². The van der Waals surface area contributed by atoms with Crippen molar-refractivity contribution < 1.29 is 45.1 Å². The lowest BCUT2D eigenvalue weighted by Gasteiger charge is -2.20. The van der Waals surface area contributed by atoms with E-state index in [2.05, 4.69) is 9.26 Å². The largest absolute Gasteiger partial charge is 0.513 e. The molecule has 146 valence electrons. The Morgan fingerprint density at radius 3 is 1.96 bits per heavy atom. The van der Waals surface area contributed by atoms with E-state index >= 15 is 0 Å². The molecule has 0 aliphatic heterocycles. The van der Waals surface area contributed by atoms with Crippen LogP contribution < -0.4 is 14.1 Å². The van der Waals surface area contributed by atoms with Crippen LogP contribution >= 0.6 is 7.75 Å². The fourth-order valence-electron chi connectivity index (χ4n) is 1.72. The maximum Gasteiger partial charge on any atom is 0.513 e. The van der Waals surface area contributed by atoms with Gasteiger partial charge in [-0.05, 0) is 12.1 Å². The van der Waals surface area contributed by atoms with Crippen LogP contribution in [0, 0.1) is 29.1 Å². The fraction of sp³-hybridized carbons (Fsp3) is 0.133. The van der Waals surface area contributed by atoms with Crippen LogP contribution in [0.5, 0.6) is 11.5 Å². The summed E-state index contributed by atoms with van der Waals surface area (Å²) in [7, 11) is -3.83. The van der Waals surface area contributed by atoms with Crippen molar-refractivity contribution >= 4 is 13.7 Å². The van der Waals surface area contributed by atoms with Gasteiger partial charge in [0.25, 0.3) is 0 Å². The number of methoxy groups -OCH3 is 1. The van der Waals surface area contributed by atoms with E-state index in [1.165, 1.54) is 24.3 Å². The van der Waals surface area contributed by atoms with Gasteiger partial charge in [-0.25, -0.2) is 17.7 Å². The molecule has 0 aliphatic carbocycles. The minimum atomic E-state index is -4.83. The Morgan fingerprint density at radius 1 is 0.926 bits per heavy atom. The summed E-state index contributed by atoms with van der Waals surface area (Å²) in [4.78, 5) is 11.2. The zero-order valence-electron chi connectivity index (χ0n) is 13.5. The number of benzene rings is 2. The van der Waals surface area contributed by atoms with Crippen molar-refractivity contribution in [2.24, 2.45) is 0 Å². The van der Waals surface area contributed by atoms with Gasteiger partial charge in [0.1, 0.15) is 12.3 Å². The van der Waals surface area contributed by atoms with Gasteiger partial charge in [-0.3, -0.25) is 4.79 Å². The summed E-state index contributed by atoms with van der Waals surface area (Å²) in [6.07, 6.45) is 0. The number of hydrogen-bond acceptors (Lipinski definition) is 5. The van der Waals surface area contributed by atoms with E-state index in [9.17, 15) is 31.3 Å². The maximum absolute atomic E-state index is 13.8. The predicted molar refractivity (Wildman–Crippen MR) is 81.6 cm³/mol. The van der Waals surface area contributed by atoms with Gasteiger partial charge in [-0.2, -0.15) is 13.9 Å². The van der Waals surface area contributed by atoms with Crippen molar-refractivity contribution in [3.05, 3.63) is 59.4 Å². The Labute approximate surface area is 149 Å². The third kappa shape index (κ3) is 4.75. The Bertz CT molecular complexity index is 867. The summed E-state index contributed by atoms with van der Waals surface area (Å²) in [5, 5.41) is 1.92. The van der Waals surface area contributed by atoms with E-state index in [-0.39, 0.29) is 5.75 Å². The maximum atomic E-state index is 13.8. The Balaban J connectivity index is 2.43. The molecule has 0 spiro atoms. The first-order valence-electron chi connectivity index (χ1n) is 7.06. The van der Waals surface area contributed by atoms with E-state index in [1.54, 1.807) is 6.07 Å². The quantitative estimate of drug-likeness (QED) is 0.246. The number of hydrogen-bond donors (Lipinski definition) is 1. The van der Waals surface area contributed by atoms with E-state index in [0.29, 0.717) is 0 Å². The number of nitrogens with one attached hydrogen (secondary N) is 1. The number of ether oxygens (including phenoxy) is 1. The van der Waals surface area contributed by atoms with Crippen LogP contribution in [0.3, 0.4) is 0 Å². The van der Waals surface area contributed by atoms with Gasteiger partial charge in [0.15, 0.2) is 0 Å². The summed E-state index contributed by atoms with van der Waals surface area (Å²) < 4.78 is 93.8. The molecule has 2 aromatic carbocycles. The third-order valence-electron chi connectivity index (χ3n) is 2.99. The highest BCUT2D eigenvalue weighted by atomic mass is 31.2. The van der Waals surface area contributed by atoms with Gasteiger partial charge in [0.2, 0.25) is 34.8 Å². The number of carbonyl (C=O) groups is 1. The van der Waals surface area contributed by atoms with Crippen molar-refractivity contribution in [3.8, 4) is 11.5 Å². The van der Waals surface area contributed by atoms with Crippen LogP contribution in [0.25, 0.3) is 0 Å². The van der Waals surface area contributed by atoms with Crippen molar-refractivity contribution in [2.75, 3.05) is 13.7 Å². The van der Waals surface area contributed by atoms with Crippen LogP contribution in [0.15, 0.2) is 30.3 Å². The average Bonchev–Trinajstić information content (AvgIpc) is 2.67. The summed E-state index contributed by atoms with van der Waals surface area (Å²) in [6.45, 7) is -0.810. The first-order chi connectivity index (χ1) is 12.7. The summed E-state index contributed by atoms with van der Waals surface area (Å²) in [6, 6.07) is 6.99. The second-order valence-electron chi connectivity index (χ2n) is 4.80. The van der Waals surface area contributed by atoms with Gasteiger partial charge in [-0.1, -0.05) is 18.2 Å². The normalized spacial score (nSPS) is 13.0. The van der Waals surface area contributed by atoms with E-state index in [4.69, 9.17) is 4.52 Å². The lowest BCUT2D eigenvalue weighted by molar-refractivity contribution is -0.139. The topological polar surface area (TPSA) is 73.9 Å². The highest BCUT2D eigenvalue weighted by molar-refractivity contribution is 7.52. The van der Waals surface area contributed by atoms with Crippen LogP contribution in [0.1, 0.15) is 0 Å². The first kappa shape index (κ1) is 20.7. The third-order valence-corrected chi connectivity index (χ3v) is 4.41. The molecule has 0 radical (unpaired) electrons. The van der Waals surface area contributed by atoms with Gasteiger partial charge >= 0.3 is 13.7 Å². The van der Waals surface area contributed by atoms with E-state index in [1.807, 2.05) is 5.09 Å². The zero-order valence-corrected chi connectivity index (χ0v) is 14.4. The molecule has 12 heteroatoms. The molecule has 0 saturated carbocycles. The molecule has 0 heterocycles. The number of esters is 1. The lowest BCUT2D eigenvalue weighted by Crippen LogP contribution is -2.26. The van der Waals surface area contributed by atoms with Crippen molar-refractivity contribution in [1.29, 1.82) is 0 Å². The Kier molecular flexibility index (Phi) is 6.40. The molecule has 0 aromatic heterocycles. The highest BCUT2D eigenvalue weighted by Gasteiger charge is 2.36. The summed E-state index contributed by atoms with van der Waals surface area (Å²) >= 11 is 0. The van der Waals surface area contributed by atoms with Crippen LogP contribution in [-0.2, 0) is 14.1 Å². The molecule has 1 atom stereocenters. The zero-order chi connectivity index (χ0) is 20.2. The summed E-state index contributed by atoms with van der Waals surface area (Å²) in [5.41, 5.74) is 0. The number of halogens is 5. The molecular formula is C15H11F5NO5P. The molecule has 27 heavy (non-hydrogen) atoms. The molecule has 1 unspecified atom stereocenters. The molecule has 6 nitrogen and oxygen atoms in total. The predicted octanol–water partition coefficient (Wildman–Crippen LogP) is 3.71. The number of carbonyl (C=O) groups excluding carboxylic acids is 1. The van der Waals surface area contributed by atoms with Gasteiger partial charge in [0.05, 0.1) is 7.11 Å². The smallest absolute Gasteiger partial charge is 0.468 e. The Hall–Kier alpha value is -2.65. The number of para-hydroxylation sites is 1. The first-order valence-corrected chi connectivity index (χ1v) is 8.60. The lowest BCUT2D eigenvalue weighted by atomic mass is 10.3. The van der Waals surface area contributed by atoms with Crippen molar-refractivity contribution in [1.82, 2.24) is 5.09 Å². The molecule has 0 fully saturated rings. The standard InChI is InChI=1S/C15H11F5NO5P/c1-24-9(22)7-21-27(23,25-8-5-3-2-4-6-8)26-15-13(19)11(17)10(16)12(18)14(15)20/h2-6H,7H2,1H3,(H,21,23). The molecule has 2 aromatic rings. The second kappa shape index (κ2) is 8.36. The van der Waals surface area contributed by atoms with Gasteiger partial charge in [-0.15, -0.1) is 0 Å². The molecule has 0 bridgehead atoms. The van der Waals surface area contributed by atoms with Crippen molar-refractivity contribution in [2.45, 2.75) is 0 Å². The SMILES string of the molecule is COC(=O)CNP(=O)(Oc1ccccc1)Oc1c(F)c(F)c(F)c(F)c1F. The van der Waals surface area contributed by atoms with Gasteiger partial charge in [0, 0.05) is 0 Å². The van der Waals surface area contributed by atoms with E-state index in [0.717, 1.165) is 7.11 Å². The minimum Gasteiger partial charge on any atom is -0.468 e. The monoisotopic (exact) mass is 411 g/mol. The van der Waals surface area contributed by atoms with Crippen LogP contribution in [-0.4, -0.2) is 19.6 Å². The molecule has 0 aliphatic rings. The molecule has 2 rings (SSSR count).